The maximum atomic E-state index is 3.88. The Morgan fingerprint density at radius 2 is 1.92 bits per heavy atom. The molecule has 0 aliphatic rings. The van der Waals surface area contributed by atoms with Gasteiger partial charge in [0, 0.05) is 12.2 Å². The van der Waals surface area contributed by atoms with Gasteiger partial charge in [0.1, 0.15) is 0 Å². The molecule has 0 radical (unpaired) electrons. The van der Waals surface area contributed by atoms with Crippen molar-refractivity contribution in [3.8, 4) is 0 Å². The molecule has 0 heterocycles. The minimum Gasteiger partial charge on any atom is -0.385 e. The molecule has 0 saturated carbocycles. The predicted molar refractivity (Wildman–Crippen MR) is 55.3 cm³/mol. The summed E-state index contributed by atoms with van der Waals surface area (Å²) in [6, 6.07) is 8.32. The number of hydrogen-bond acceptors (Lipinski definition) is 1. The van der Waals surface area contributed by atoms with Crippen molar-refractivity contribution in [2.45, 2.75) is 13.8 Å². The Morgan fingerprint density at radius 1 is 1.33 bits per heavy atom. The standard InChI is InChI=1S/C11H15N/c1-4-12-11-7-5-10(6-8-11)9(2)3/h5-8,12H,2,4H2,1,3H3. The average molecular weight is 161 g/mol. The van der Waals surface area contributed by atoms with Gasteiger partial charge in [-0.1, -0.05) is 24.3 Å². The Hall–Kier alpha value is -1.24. The van der Waals surface area contributed by atoms with Crippen LogP contribution in [-0.2, 0) is 0 Å². The predicted octanol–water partition coefficient (Wildman–Crippen LogP) is 3.15. The molecular weight excluding hydrogens is 146 g/mol. The van der Waals surface area contributed by atoms with Crippen LogP contribution in [0.15, 0.2) is 30.8 Å². The highest BCUT2D eigenvalue weighted by Gasteiger charge is 1.92. The first-order valence-corrected chi connectivity index (χ1v) is 4.24. The minimum atomic E-state index is 0.965. The van der Waals surface area contributed by atoms with Gasteiger partial charge in [-0.15, -0.1) is 0 Å². The second-order valence-corrected chi connectivity index (χ2v) is 2.89. The molecule has 1 rings (SSSR count). The molecule has 1 aromatic carbocycles. The summed E-state index contributed by atoms with van der Waals surface area (Å²) >= 11 is 0. The van der Waals surface area contributed by atoms with Crippen LogP contribution in [0.25, 0.3) is 5.57 Å². The van der Waals surface area contributed by atoms with E-state index in [-0.39, 0.29) is 0 Å². The molecule has 1 heteroatoms. The smallest absolute Gasteiger partial charge is 0.0340 e. The third-order valence-electron chi connectivity index (χ3n) is 1.76. The highest BCUT2D eigenvalue weighted by atomic mass is 14.8. The second-order valence-electron chi connectivity index (χ2n) is 2.89. The zero-order valence-corrected chi connectivity index (χ0v) is 7.72. The van der Waals surface area contributed by atoms with Gasteiger partial charge < -0.3 is 5.32 Å². The zero-order chi connectivity index (χ0) is 8.97. The molecule has 1 N–H and O–H groups in total. The molecule has 0 fully saturated rings. The summed E-state index contributed by atoms with van der Waals surface area (Å²) in [7, 11) is 0. The van der Waals surface area contributed by atoms with Gasteiger partial charge in [0.25, 0.3) is 0 Å². The van der Waals surface area contributed by atoms with Crippen molar-refractivity contribution in [1.29, 1.82) is 0 Å². The number of hydrogen-bond donors (Lipinski definition) is 1. The first-order chi connectivity index (χ1) is 5.74. The van der Waals surface area contributed by atoms with E-state index in [2.05, 4.69) is 43.1 Å². The number of allylic oxidation sites excluding steroid dienone is 1. The fourth-order valence-electron chi connectivity index (χ4n) is 1.08. The Balaban J connectivity index is 2.78. The van der Waals surface area contributed by atoms with Crippen LogP contribution in [0.5, 0.6) is 0 Å². The van der Waals surface area contributed by atoms with Crippen LogP contribution in [0.3, 0.4) is 0 Å². The van der Waals surface area contributed by atoms with Crippen LogP contribution in [0.1, 0.15) is 19.4 Å². The van der Waals surface area contributed by atoms with E-state index in [1.165, 1.54) is 11.3 Å². The molecule has 12 heavy (non-hydrogen) atoms. The molecule has 0 amide bonds. The van der Waals surface area contributed by atoms with E-state index >= 15 is 0 Å². The van der Waals surface area contributed by atoms with Gasteiger partial charge in [-0.3, -0.25) is 0 Å². The molecule has 1 nitrogen and oxygen atoms in total. The van der Waals surface area contributed by atoms with E-state index in [1.54, 1.807) is 0 Å². The molecule has 0 aliphatic heterocycles. The van der Waals surface area contributed by atoms with E-state index in [9.17, 15) is 0 Å². The Labute approximate surface area is 74.1 Å². The van der Waals surface area contributed by atoms with Gasteiger partial charge in [-0.05, 0) is 31.5 Å². The molecule has 1 aromatic rings. The van der Waals surface area contributed by atoms with Crippen molar-refractivity contribution >= 4 is 11.3 Å². The largest absolute Gasteiger partial charge is 0.385 e. The molecule has 0 aromatic heterocycles. The van der Waals surface area contributed by atoms with E-state index in [4.69, 9.17) is 0 Å². The van der Waals surface area contributed by atoms with Gasteiger partial charge in [-0.25, -0.2) is 0 Å². The van der Waals surface area contributed by atoms with Crippen molar-refractivity contribution in [3.63, 3.8) is 0 Å². The normalized spacial score (nSPS) is 9.50. The van der Waals surface area contributed by atoms with Crippen LogP contribution in [0.2, 0.25) is 0 Å². The zero-order valence-electron chi connectivity index (χ0n) is 7.72. The maximum absolute atomic E-state index is 3.88. The van der Waals surface area contributed by atoms with Crippen molar-refractivity contribution in [3.05, 3.63) is 36.4 Å². The fraction of sp³-hybridized carbons (Fsp3) is 0.273. The summed E-state index contributed by atoms with van der Waals surface area (Å²) in [5.74, 6) is 0. The van der Waals surface area contributed by atoms with Crippen LogP contribution < -0.4 is 5.32 Å². The van der Waals surface area contributed by atoms with Gasteiger partial charge in [0.05, 0.1) is 0 Å². The molecule has 0 saturated heterocycles. The second kappa shape index (κ2) is 3.96. The fourth-order valence-corrected chi connectivity index (χ4v) is 1.08. The van der Waals surface area contributed by atoms with E-state index in [1.807, 2.05) is 6.92 Å². The molecule has 0 bridgehead atoms. The van der Waals surface area contributed by atoms with Gasteiger partial charge in [-0.2, -0.15) is 0 Å². The van der Waals surface area contributed by atoms with Crippen LogP contribution in [0, 0.1) is 0 Å². The Kier molecular flexibility index (Phi) is 2.92. The van der Waals surface area contributed by atoms with Gasteiger partial charge in [0.15, 0.2) is 0 Å². The summed E-state index contributed by atoms with van der Waals surface area (Å²) in [6.45, 7) is 8.95. The van der Waals surface area contributed by atoms with E-state index in [0.29, 0.717) is 0 Å². The molecule has 0 spiro atoms. The topological polar surface area (TPSA) is 12.0 Å². The Bertz CT molecular complexity index is 259. The molecule has 64 valence electrons. The molecule has 0 aliphatic carbocycles. The first kappa shape index (κ1) is 8.85. The maximum Gasteiger partial charge on any atom is 0.0340 e. The molecule has 0 unspecified atom stereocenters. The lowest BCUT2D eigenvalue weighted by atomic mass is 10.1. The number of benzene rings is 1. The average Bonchev–Trinajstić information content (AvgIpc) is 2.06. The Morgan fingerprint density at radius 3 is 2.33 bits per heavy atom. The van der Waals surface area contributed by atoms with Crippen molar-refractivity contribution in [1.82, 2.24) is 0 Å². The number of rotatable bonds is 3. The SMILES string of the molecule is C=C(C)c1ccc(NCC)cc1. The summed E-state index contributed by atoms with van der Waals surface area (Å²) in [6.07, 6.45) is 0. The lowest BCUT2D eigenvalue weighted by Gasteiger charge is -2.04. The van der Waals surface area contributed by atoms with Crippen molar-refractivity contribution < 1.29 is 0 Å². The quantitative estimate of drug-likeness (QED) is 0.718. The van der Waals surface area contributed by atoms with Crippen molar-refractivity contribution in [2.75, 3.05) is 11.9 Å². The van der Waals surface area contributed by atoms with E-state index in [0.717, 1.165) is 12.1 Å². The summed E-state index contributed by atoms with van der Waals surface area (Å²) in [5.41, 5.74) is 3.48. The highest BCUT2D eigenvalue weighted by Crippen LogP contribution is 2.14. The third-order valence-corrected chi connectivity index (χ3v) is 1.76. The monoisotopic (exact) mass is 161 g/mol. The number of nitrogens with one attached hydrogen (secondary N) is 1. The van der Waals surface area contributed by atoms with E-state index < -0.39 is 0 Å². The van der Waals surface area contributed by atoms with Crippen LogP contribution >= 0.6 is 0 Å². The van der Waals surface area contributed by atoms with Crippen LogP contribution in [0.4, 0.5) is 5.69 Å². The van der Waals surface area contributed by atoms with Crippen LogP contribution in [-0.4, -0.2) is 6.54 Å². The summed E-state index contributed by atoms with van der Waals surface area (Å²) in [4.78, 5) is 0. The number of anilines is 1. The summed E-state index contributed by atoms with van der Waals surface area (Å²) < 4.78 is 0. The molecule has 0 atom stereocenters. The first-order valence-electron chi connectivity index (χ1n) is 4.24. The lowest BCUT2D eigenvalue weighted by molar-refractivity contribution is 1.21. The van der Waals surface area contributed by atoms with Crippen molar-refractivity contribution in [2.24, 2.45) is 0 Å². The summed E-state index contributed by atoms with van der Waals surface area (Å²) in [5, 5.41) is 3.24. The van der Waals surface area contributed by atoms with Gasteiger partial charge >= 0.3 is 0 Å². The van der Waals surface area contributed by atoms with Gasteiger partial charge in [0.2, 0.25) is 0 Å². The highest BCUT2D eigenvalue weighted by molar-refractivity contribution is 5.63. The minimum absolute atomic E-state index is 0.965. The lowest BCUT2D eigenvalue weighted by Crippen LogP contribution is -1.95. The third kappa shape index (κ3) is 2.12. The molecular formula is C11H15N.